The van der Waals surface area contributed by atoms with E-state index in [1.54, 1.807) is 24.3 Å². The van der Waals surface area contributed by atoms with E-state index in [0.29, 0.717) is 44.0 Å². The molecule has 2 aromatic heterocycles. The van der Waals surface area contributed by atoms with Gasteiger partial charge in [0.05, 0.1) is 10.2 Å². The molecule has 0 saturated carbocycles. The molecule has 0 spiro atoms. The Kier molecular flexibility index (Phi) is 7.69. The van der Waals surface area contributed by atoms with Gasteiger partial charge in [0.15, 0.2) is 3.95 Å². The lowest BCUT2D eigenvalue weighted by Gasteiger charge is -2.24. The summed E-state index contributed by atoms with van der Waals surface area (Å²) < 4.78 is 1.80. The number of nitrogens with zero attached hydrogens (tertiary/aromatic N) is 5. The minimum absolute atomic E-state index is 0.440. The van der Waals surface area contributed by atoms with E-state index in [1.807, 2.05) is 28.0 Å². The van der Waals surface area contributed by atoms with Gasteiger partial charge in [0, 0.05) is 31.9 Å². The van der Waals surface area contributed by atoms with Gasteiger partial charge in [-0.25, -0.2) is 0 Å². The zero-order chi connectivity index (χ0) is 22.2. The van der Waals surface area contributed by atoms with Crippen molar-refractivity contribution < 1.29 is 0 Å². The highest BCUT2D eigenvalue weighted by atomic mass is 32.1. The molecule has 0 saturated heterocycles. The van der Waals surface area contributed by atoms with Crippen molar-refractivity contribution in [1.82, 2.24) is 19.9 Å². The fourth-order valence-corrected chi connectivity index (χ4v) is 4.10. The standard InChI is InChI=1S/C22H25N7S2/c1-5-11-28(12-6-2)20-25-19(26-21(27-20)29(13-7-3)14-8-4)23-16-9-10-17-18(15-16)31-22(30)24-17/h5-10,15H,1-4,11-14H2,(H,24,30)(H,23,25,26,27). The van der Waals surface area contributed by atoms with Gasteiger partial charge in [0.25, 0.3) is 0 Å². The van der Waals surface area contributed by atoms with Crippen LogP contribution in [0.2, 0.25) is 0 Å². The van der Waals surface area contributed by atoms with Crippen LogP contribution in [-0.4, -0.2) is 46.1 Å². The number of thiazole rings is 1. The Bertz CT molecular complexity index is 1090. The largest absolute Gasteiger partial charge is 0.337 e. The predicted octanol–water partition coefficient (Wildman–Crippen LogP) is 5.24. The van der Waals surface area contributed by atoms with Crippen LogP contribution in [0, 0.1) is 3.95 Å². The van der Waals surface area contributed by atoms with Crippen LogP contribution in [-0.2, 0) is 0 Å². The maximum absolute atomic E-state index is 5.24. The molecular weight excluding hydrogens is 426 g/mol. The van der Waals surface area contributed by atoms with Crippen molar-refractivity contribution in [2.45, 2.75) is 0 Å². The third-order valence-electron chi connectivity index (χ3n) is 4.25. The molecule has 0 radical (unpaired) electrons. The Balaban J connectivity index is 2.03. The van der Waals surface area contributed by atoms with Crippen molar-refractivity contribution in [2.24, 2.45) is 0 Å². The van der Waals surface area contributed by atoms with Crippen molar-refractivity contribution in [3.8, 4) is 0 Å². The number of hydrogen-bond donors (Lipinski definition) is 2. The molecule has 2 N–H and O–H groups in total. The first-order valence-electron chi connectivity index (χ1n) is 9.67. The van der Waals surface area contributed by atoms with Crippen LogP contribution in [0.4, 0.5) is 23.5 Å². The summed E-state index contributed by atoms with van der Waals surface area (Å²) in [5.74, 6) is 1.50. The fraction of sp³-hybridized carbons (Fsp3) is 0.182. The second kappa shape index (κ2) is 10.6. The summed E-state index contributed by atoms with van der Waals surface area (Å²) in [5.41, 5.74) is 1.86. The van der Waals surface area contributed by atoms with E-state index in [0.717, 1.165) is 19.9 Å². The van der Waals surface area contributed by atoms with Gasteiger partial charge in [-0.1, -0.05) is 24.3 Å². The van der Waals surface area contributed by atoms with Gasteiger partial charge in [0.1, 0.15) is 0 Å². The van der Waals surface area contributed by atoms with E-state index in [9.17, 15) is 0 Å². The Morgan fingerprint density at radius 1 is 0.903 bits per heavy atom. The van der Waals surface area contributed by atoms with Crippen LogP contribution in [0.5, 0.6) is 0 Å². The Morgan fingerprint density at radius 3 is 1.97 bits per heavy atom. The lowest BCUT2D eigenvalue weighted by molar-refractivity contribution is 0.834. The highest BCUT2D eigenvalue weighted by Gasteiger charge is 2.16. The van der Waals surface area contributed by atoms with Gasteiger partial charge < -0.3 is 20.1 Å². The summed E-state index contributed by atoms with van der Waals surface area (Å²) in [4.78, 5) is 21.1. The zero-order valence-electron chi connectivity index (χ0n) is 17.3. The number of hydrogen-bond acceptors (Lipinski definition) is 8. The van der Waals surface area contributed by atoms with E-state index in [2.05, 4.69) is 51.6 Å². The Hall–Kier alpha value is -3.30. The summed E-state index contributed by atoms with van der Waals surface area (Å²) in [6, 6.07) is 5.96. The van der Waals surface area contributed by atoms with Crippen LogP contribution in [0.15, 0.2) is 68.8 Å². The lowest BCUT2D eigenvalue weighted by Crippen LogP contribution is -2.30. The second-order valence-corrected chi connectivity index (χ2v) is 8.29. The van der Waals surface area contributed by atoms with E-state index >= 15 is 0 Å². The highest BCUT2D eigenvalue weighted by Crippen LogP contribution is 2.26. The Labute approximate surface area is 191 Å². The molecular formula is C22H25N7S2. The molecule has 0 fully saturated rings. The molecule has 2 heterocycles. The van der Waals surface area contributed by atoms with Crippen molar-refractivity contribution in [2.75, 3.05) is 41.3 Å². The number of fused-ring (bicyclic) bond motifs is 1. The first-order valence-corrected chi connectivity index (χ1v) is 10.9. The van der Waals surface area contributed by atoms with Gasteiger partial charge in [-0.3, -0.25) is 0 Å². The summed E-state index contributed by atoms with van der Waals surface area (Å²) >= 11 is 6.77. The quantitative estimate of drug-likeness (QED) is 0.288. The molecule has 0 unspecified atom stereocenters. The molecule has 0 aliphatic heterocycles. The number of benzene rings is 1. The third-order valence-corrected chi connectivity index (χ3v) is 5.45. The molecule has 9 heteroatoms. The molecule has 0 atom stereocenters. The maximum atomic E-state index is 5.24. The minimum atomic E-state index is 0.440. The summed E-state index contributed by atoms with van der Waals surface area (Å²) in [5, 5.41) is 3.30. The molecule has 1 aromatic carbocycles. The normalized spacial score (nSPS) is 10.5. The molecule has 31 heavy (non-hydrogen) atoms. The van der Waals surface area contributed by atoms with Crippen molar-refractivity contribution in [1.29, 1.82) is 0 Å². The first-order chi connectivity index (χ1) is 15.1. The highest BCUT2D eigenvalue weighted by molar-refractivity contribution is 7.73. The Morgan fingerprint density at radius 2 is 1.45 bits per heavy atom. The molecule has 3 aromatic rings. The molecule has 0 amide bonds. The van der Waals surface area contributed by atoms with Gasteiger partial charge in [-0.15, -0.1) is 37.7 Å². The monoisotopic (exact) mass is 451 g/mol. The molecule has 3 rings (SSSR count). The van der Waals surface area contributed by atoms with E-state index in [1.165, 1.54) is 11.3 Å². The average Bonchev–Trinajstić information content (AvgIpc) is 3.12. The summed E-state index contributed by atoms with van der Waals surface area (Å²) in [7, 11) is 0. The number of anilines is 4. The predicted molar refractivity (Wildman–Crippen MR) is 135 cm³/mol. The lowest BCUT2D eigenvalue weighted by atomic mass is 10.3. The maximum Gasteiger partial charge on any atom is 0.233 e. The number of aromatic amines is 1. The summed E-state index contributed by atoms with van der Waals surface area (Å²) in [6.45, 7) is 17.7. The average molecular weight is 452 g/mol. The number of nitrogens with one attached hydrogen (secondary N) is 2. The van der Waals surface area contributed by atoms with Crippen LogP contribution in [0.25, 0.3) is 10.2 Å². The number of rotatable bonds is 12. The van der Waals surface area contributed by atoms with Crippen LogP contribution in [0.3, 0.4) is 0 Å². The van der Waals surface area contributed by atoms with Gasteiger partial charge >= 0.3 is 0 Å². The van der Waals surface area contributed by atoms with Crippen LogP contribution in [0.1, 0.15) is 0 Å². The van der Waals surface area contributed by atoms with E-state index in [4.69, 9.17) is 12.2 Å². The molecule has 0 bridgehead atoms. The first kappa shape index (κ1) is 22.4. The third kappa shape index (κ3) is 5.65. The zero-order valence-corrected chi connectivity index (χ0v) is 18.9. The van der Waals surface area contributed by atoms with Crippen LogP contribution < -0.4 is 15.1 Å². The number of H-pyrrole nitrogens is 1. The summed E-state index contributed by atoms with van der Waals surface area (Å²) in [6.07, 6.45) is 7.22. The molecule has 0 aliphatic rings. The molecule has 7 nitrogen and oxygen atoms in total. The minimum Gasteiger partial charge on any atom is -0.337 e. The smallest absolute Gasteiger partial charge is 0.233 e. The van der Waals surface area contributed by atoms with Crippen molar-refractivity contribution >= 4 is 57.3 Å². The van der Waals surface area contributed by atoms with Gasteiger partial charge in [-0.05, 0) is 30.4 Å². The van der Waals surface area contributed by atoms with E-state index in [-0.39, 0.29) is 0 Å². The number of aromatic nitrogens is 4. The topological polar surface area (TPSA) is 73.0 Å². The van der Waals surface area contributed by atoms with Crippen molar-refractivity contribution in [3.05, 3.63) is 72.8 Å². The van der Waals surface area contributed by atoms with Gasteiger partial charge in [0.2, 0.25) is 17.8 Å². The molecule has 0 aliphatic carbocycles. The molecule has 160 valence electrons. The van der Waals surface area contributed by atoms with Gasteiger partial charge in [-0.2, -0.15) is 15.0 Å². The fourth-order valence-electron chi connectivity index (χ4n) is 2.94. The van der Waals surface area contributed by atoms with Crippen LogP contribution >= 0.6 is 23.6 Å². The van der Waals surface area contributed by atoms with E-state index < -0.39 is 0 Å². The SMILES string of the molecule is C=CCN(CC=C)c1nc(Nc2ccc3[nH]c(=S)sc3c2)nc(N(CC=C)CC=C)n1. The second-order valence-electron chi connectivity index (χ2n) is 6.57. The van der Waals surface area contributed by atoms with Crippen molar-refractivity contribution in [3.63, 3.8) is 0 Å².